The van der Waals surface area contributed by atoms with Gasteiger partial charge in [-0.25, -0.2) is 4.57 Å². The summed E-state index contributed by atoms with van der Waals surface area (Å²) in [7, 11) is -4.76. The number of phosphoric ester groups is 1. The van der Waals surface area contributed by atoms with Crippen LogP contribution in [-0.4, -0.2) is 71.1 Å². The maximum Gasteiger partial charge on any atom is 0.472 e. The summed E-state index contributed by atoms with van der Waals surface area (Å²) >= 11 is 0. The van der Waals surface area contributed by atoms with Crippen molar-refractivity contribution in [3.63, 3.8) is 0 Å². The number of carboxylic acid groups (broad SMARTS) is 1. The SMILES string of the molecule is CC/C=C\C/C=C\C/C=C\C/C=C\C/C=C\CCCCCC(=O)O[C@H](COC(=O)CCC/C=C\C/C=C\C/C=C\C/C=C\[C@@H](O)CCCC)COP(=O)(O)OC[C@H](N)C(=O)O. The summed E-state index contributed by atoms with van der Waals surface area (Å²) in [6, 6.07) is -1.55. The van der Waals surface area contributed by atoms with Gasteiger partial charge < -0.3 is 30.3 Å². The van der Waals surface area contributed by atoms with Crippen molar-refractivity contribution >= 4 is 25.7 Å². The molecule has 0 bridgehead atoms. The van der Waals surface area contributed by atoms with Crippen LogP contribution in [-0.2, 0) is 37.5 Å². The Bertz CT molecular complexity index is 1460. The fourth-order valence-electron chi connectivity index (χ4n) is 5.10. The molecular formula is C48H76NO11P. The lowest BCUT2D eigenvalue weighted by atomic mass is 10.1. The molecule has 0 aliphatic heterocycles. The molecule has 0 fully saturated rings. The van der Waals surface area contributed by atoms with Crippen LogP contribution < -0.4 is 5.73 Å². The predicted octanol–water partition coefficient (Wildman–Crippen LogP) is 10.8. The molecule has 0 aliphatic carbocycles. The third kappa shape index (κ3) is 41.2. The number of carbonyl (C=O) groups is 3. The van der Waals surface area contributed by atoms with Crippen molar-refractivity contribution in [2.24, 2.45) is 5.73 Å². The molecule has 0 aliphatic rings. The van der Waals surface area contributed by atoms with Crippen LogP contribution in [0.1, 0.15) is 136 Å². The zero-order chi connectivity index (χ0) is 45.1. The summed E-state index contributed by atoms with van der Waals surface area (Å²) in [6.07, 6.45) is 50.6. The average molecular weight is 874 g/mol. The number of hydrogen-bond donors (Lipinski definition) is 4. The van der Waals surface area contributed by atoms with Crippen LogP contribution in [0.25, 0.3) is 0 Å². The van der Waals surface area contributed by atoms with E-state index in [-0.39, 0.29) is 18.9 Å². The van der Waals surface area contributed by atoms with E-state index in [1.165, 1.54) is 0 Å². The first kappa shape index (κ1) is 57.1. The second-order valence-electron chi connectivity index (χ2n) is 14.3. The Morgan fingerprint density at radius 3 is 1.59 bits per heavy atom. The number of nitrogens with two attached hydrogens (primary N) is 1. The molecule has 61 heavy (non-hydrogen) atoms. The lowest BCUT2D eigenvalue weighted by molar-refractivity contribution is -0.161. The standard InChI is InChI=1S/C48H76NO11P/c1-3-5-7-8-9-10-11-12-13-14-15-16-17-18-23-26-29-32-35-39-47(52)60-44(41-58-61(55,56)59-42-45(49)48(53)54)40-57-46(51)38-34-31-28-25-22-20-19-21-24-27-30-33-37-43(50)36-6-4-2/h5,7,9-10,12-13,15-16,18-20,23-25,27-28,33,37,43-45,50H,3-4,6,8,11,14,17,21-22,26,29-32,34-36,38-42,49H2,1-2H3,(H,53,54)(H,55,56)/b7-5-,10-9-,13-12-,16-15-,20-19-,23-18-,27-24-,28-25-,37-33-/t43-,44+,45-/m0/s1. The number of carboxylic acids is 1. The van der Waals surface area contributed by atoms with Crippen LogP contribution in [0.2, 0.25) is 0 Å². The summed E-state index contributed by atoms with van der Waals surface area (Å²) in [6.45, 7) is 2.41. The maximum absolute atomic E-state index is 12.6. The number of rotatable bonds is 39. The van der Waals surface area contributed by atoms with Crippen molar-refractivity contribution in [3.05, 3.63) is 109 Å². The molecule has 5 N–H and O–H groups in total. The summed E-state index contributed by atoms with van der Waals surface area (Å²) in [4.78, 5) is 46.0. The predicted molar refractivity (Wildman–Crippen MR) is 246 cm³/mol. The van der Waals surface area contributed by atoms with Crippen molar-refractivity contribution in [3.8, 4) is 0 Å². The van der Waals surface area contributed by atoms with Crippen LogP contribution in [0.4, 0.5) is 0 Å². The number of hydrogen-bond acceptors (Lipinski definition) is 10. The van der Waals surface area contributed by atoms with Crippen molar-refractivity contribution in [1.82, 2.24) is 0 Å². The molecule has 0 aromatic carbocycles. The van der Waals surface area contributed by atoms with Gasteiger partial charge in [0.25, 0.3) is 0 Å². The summed E-state index contributed by atoms with van der Waals surface area (Å²) in [5.41, 5.74) is 5.33. The number of allylic oxidation sites excluding steroid dienone is 17. The van der Waals surface area contributed by atoms with Crippen LogP contribution >= 0.6 is 7.82 Å². The molecule has 0 spiro atoms. The van der Waals surface area contributed by atoms with E-state index in [1.807, 2.05) is 24.3 Å². The Labute approximate surface area is 366 Å². The lowest BCUT2D eigenvalue weighted by Gasteiger charge is -2.20. The van der Waals surface area contributed by atoms with E-state index in [2.05, 4.69) is 103 Å². The van der Waals surface area contributed by atoms with E-state index < -0.39 is 57.7 Å². The van der Waals surface area contributed by atoms with Gasteiger partial charge in [-0.3, -0.25) is 23.4 Å². The minimum atomic E-state index is -4.76. The fraction of sp³-hybridized carbons (Fsp3) is 0.562. The molecule has 344 valence electrons. The normalized spacial score (nSPS) is 15.2. The largest absolute Gasteiger partial charge is 0.480 e. The Hall–Kier alpha value is -3.90. The maximum atomic E-state index is 12.6. The van der Waals surface area contributed by atoms with Gasteiger partial charge in [-0.1, -0.05) is 142 Å². The molecule has 0 amide bonds. The molecule has 12 nitrogen and oxygen atoms in total. The number of ether oxygens (including phenoxy) is 2. The number of carbonyl (C=O) groups excluding carboxylic acids is 2. The van der Waals surface area contributed by atoms with Crippen molar-refractivity contribution in [1.29, 1.82) is 0 Å². The van der Waals surface area contributed by atoms with E-state index in [4.69, 9.17) is 24.8 Å². The number of aliphatic carboxylic acids is 1. The van der Waals surface area contributed by atoms with E-state index in [0.717, 1.165) is 89.9 Å². The average Bonchev–Trinajstić information content (AvgIpc) is 3.23. The van der Waals surface area contributed by atoms with Gasteiger partial charge in [0.2, 0.25) is 0 Å². The molecule has 0 saturated carbocycles. The van der Waals surface area contributed by atoms with Crippen molar-refractivity contribution in [2.45, 2.75) is 154 Å². The van der Waals surface area contributed by atoms with E-state index in [0.29, 0.717) is 19.3 Å². The number of esters is 2. The highest BCUT2D eigenvalue weighted by molar-refractivity contribution is 7.47. The molecule has 1 unspecified atom stereocenters. The van der Waals surface area contributed by atoms with Gasteiger partial charge in [-0.2, -0.15) is 0 Å². The quantitative estimate of drug-likeness (QED) is 0.0198. The Morgan fingerprint density at radius 2 is 1.07 bits per heavy atom. The molecule has 0 heterocycles. The molecule has 0 rings (SSSR count). The summed E-state index contributed by atoms with van der Waals surface area (Å²) < 4.78 is 32.6. The first-order valence-electron chi connectivity index (χ1n) is 22.0. The minimum absolute atomic E-state index is 0.0950. The highest BCUT2D eigenvalue weighted by atomic mass is 31.2. The van der Waals surface area contributed by atoms with Crippen LogP contribution in [0.3, 0.4) is 0 Å². The Morgan fingerprint density at radius 1 is 0.590 bits per heavy atom. The first-order chi connectivity index (χ1) is 29.5. The zero-order valence-corrected chi connectivity index (χ0v) is 37.7. The number of phosphoric acid groups is 1. The third-order valence-electron chi connectivity index (χ3n) is 8.58. The summed E-state index contributed by atoms with van der Waals surface area (Å²) in [5, 5.41) is 18.7. The van der Waals surface area contributed by atoms with Crippen LogP contribution in [0.5, 0.6) is 0 Å². The first-order valence-corrected chi connectivity index (χ1v) is 23.5. The Balaban J connectivity index is 4.57. The zero-order valence-electron chi connectivity index (χ0n) is 36.8. The van der Waals surface area contributed by atoms with E-state index in [1.54, 1.807) is 0 Å². The van der Waals surface area contributed by atoms with Gasteiger partial charge in [0.05, 0.1) is 19.3 Å². The molecular weight excluding hydrogens is 797 g/mol. The third-order valence-corrected chi connectivity index (χ3v) is 9.53. The molecule has 4 atom stereocenters. The minimum Gasteiger partial charge on any atom is -0.480 e. The number of aliphatic hydroxyl groups is 1. The van der Waals surface area contributed by atoms with Gasteiger partial charge in [-0.05, 0) is 89.9 Å². The van der Waals surface area contributed by atoms with Gasteiger partial charge in [-0.15, -0.1) is 0 Å². The van der Waals surface area contributed by atoms with Crippen LogP contribution in [0.15, 0.2) is 109 Å². The van der Waals surface area contributed by atoms with E-state index in [9.17, 15) is 28.9 Å². The molecule has 0 radical (unpaired) electrons. The van der Waals surface area contributed by atoms with Gasteiger partial charge in [0.15, 0.2) is 6.10 Å². The van der Waals surface area contributed by atoms with Crippen molar-refractivity contribution in [2.75, 3.05) is 19.8 Å². The number of unbranched alkanes of at least 4 members (excludes halogenated alkanes) is 5. The van der Waals surface area contributed by atoms with Gasteiger partial charge in [0, 0.05) is 12.8 Å². The Kier molecular flexibility index (Phi) is 38.8. The van der Waals surface area contributed by atoms with Crippen molar-refractivity contribution < 1.29 is 52.6 Å². The second kappa shape index (κ2) is 41.5. The monoisotopic (exact) mass is 874 g/mol. The molecule has 0 aromatic heterocycles. The van der Waals surface area contributed by atoms with Crippen LogP contribution in [0, 0.1) is 0 Å². The highest BCUT2D eigenvalue weighted by Crippen LogP contribution is 2.43. The second-order valence-corrected chi connectivity index (χ2v) is 15.7. The molecule has 0 aromatic rings. The smallest absolute Gasteiger partial charge is 0.472 e. The van der Waals surface area contributed by atoms with E-state index >= 15 is 0 Å². The topological polar surface area (TPSA) is 192 Å². The highest BCUT2D eigenvalue weighted by Gasteiger charge is 2.28. The number of aliphatic hydroxyl groups excluding tert-OH is 1. The summed E-state index contributed by atoms with van der Waals surface area (Å²) in [5.74, 6) is -2.54. The fourth-order valence-corrected chi connectivity index (χ4v) is 5.88. The van der Waals surface area contributed by atoms with Gasteiger partial charge in [0.1, 0.15) is 12.6 Å². The lowest BCUT2D eigenvalue weighted by Crippen LogP contribution is -2.34. The molecule has 0 saturated heterocycles. The molecule has 13 heteroatoms. The van der Waals surface area contributed by atoms with Gasteiger partial charge >= 0.3 is 25.7 Å².